The topological polar surface area (TPSA) is 64.4 Å². The number of ether oxygens (including phenoxy) is 1. The van der Waals surface area contributed by atoms with Crippen LogP contribution in [0.5, 0.6) is 5.75 Å². The van der Waals surface area contributed by atoms with Crippen molar-refractivity contribution in [2.45, 2.75) is 39.2 Å². The van der Waals surface area contributed by atoms with E-state index in [0.717, 1.165) is 24.2 Å². The second-order valence-electron chi connectivity index (χ2n) is 5.02. The van der Waals surface area contributed by atoms with Gasteiger partial charge in [-0.15, -0.1) is 0 Å². The van der Waals surface area contributed by atoms with E-state index >= 15 is 0 Å². The molecule has 0 bridgehead atoms. The molecule has 0 aliphatic rings. The number of amides is 1. The summed E-state index contributed by atoms with van der Waals surface area (Å²) in [6, 6.07) is 7.86. The molecular formula is C16H26N2O2. The van der Waals surface area contributed by atoms with Crippen molar-refractivity contribution < 1.29 is 9.53 Å². The SMILES string of the molecule is CCC(CN)CC(=O)NC(CC)c1ccc(OC)cc1. The van der Waals surface area contributed by atoms with Crippen molar-refractivity contribution in [1.29, 1.82) is 0 Å². The van der Waals surface area contributed by atoms with E-state index in [0.29, 0.717) is 13.0 Å². The molecule has 1 amide bonds. The maximum atomic E-state index is 12.0. The van der Waals surface area contributed by atoms with Crippen molar-refractivity contribution >= 4 is 5.91 Å². The van der Waals surface area contributed by atoms with E-state index in [1.807, 2.05) is 24.3 Å². The van der Waals surface area contributed by atoms with Crippen molar-refractivity contribution in [1.82, 2.24) is 5.32 Å². The van der Waals surface area contributed by atoms with E-state index in [-0.39, 0.29) is 17.9 Å². The summed E-state index contributed by atoms with van der Waals surface area (Å²) >= 11 is 0. The maximum absolute atomic E-state index is 12.0. The highest BCUT2D eigenvalue weighted by Crippen LogP contribution is 2.20. The highest BCUT2D eigenvalue weighted by molar-refractivity contribution is 5.76. The molecule has 0 saturated heterocycles. The van der Waals surface area contributed by atoms with Crippen LogP contribution in [-0.4, -0.2) is 19.6 Å². The number of nitrogens with two attached hydrogens (primary N) is 1. The molecule has 0 aliphatic heterocycles. The van der Waals surface area contributed by atoms with Crippen LogP contribution in [0.2, 0.25) is 0 Å². The first-order valence-corrected chi connectivity index (χ1v) is 7.27. The zero-order valence-electron chi connectivity index (χ0n) is 12.7. The van der Waals surface area contributed by atoms with Crippen LogP contribution in [0.25, 0.3) is 0 Å². The van der Waals surface area contributed by atoms with Crippen molar-refractivity contribution in [2.75, 3.05) is 13.7 Å². The molecule has 1 aromatic carbocycles. The Labute approximate surface area is 121 Å². The van der Waals surface area contributed by atoms with Gasteiger partial charge in [-0.3, -0.25) is 4.79 Å². The number of benzene rings is 1. The van der Waals surface area contributed by atoms with E-state index in [1.54, 1.807) is 7.11 Å². The van der Waals surface area contributed by atoms with E-state index in [1.165, 1.54) is 0 Å². The predicted molar refractivity (Wildman–Crippen MR) is 81.6 cm³/mol. The molecule has 3 N–H and O–H groups in total. The van der Waals surface area contributed by atoms with Crippen molar-refractivity contribution in [2.24, 2.45) is 11.7 Å². The van der Waals surface area contributed by atoms with Gasteiger partial charge in [-0.2, -0.15) is 0 Å². The second kappa shape index (κ2) is 8.59. The van der Waals surface area contributed by atoms with Crippen LogP contribution in [-0.2, 0) is 4.79 Å². The molecule has 0 radical (unpaired) electrons. The lowest BCUT2D eigenvalue weighted by Crippen LogP contribution is -2.31. The Hall–Kier alpha value is -1.55. The smallest absolute Gasteiger partial charge is 0.220 e. The second-order valence-corrected chi connectivity index (χ2v) is 5.02. The van der Waals surface area contributed by atoms with Crippen molar-refractivity contribution in [3.8, 4) is 5.75 Å². The fourth-order valence-corrected chi connectivity index (χ4v) is 2.17. The molecule has 0 aliphatic carbocycles. The first kappa shape index (κ1) is 16.5. The summed E-state index contributed by atoms with van der Waals surface area (Å²) in [5, 5.41) is 3.08. The first-order chi connectivity index (χ1) is 9.64. The van der Waals surface area contributed by atoms with Gasteiger partial charge in [-0.05, 0) is 36.6 Å². The van der Waals surface area contributed by atoms with Gasteiger partial charge in [0.05, 0.1) is 13.2 Å². The Morgan fingerprint density at radius 1 is 1.25 bits per heavy atom. The minimum atomic E-state index is 0.0451. The van der Waals surface area contributed by atoms with Gasteiger partial charge in [0.2, 0.25) is 5.91 Å². The normalized spacial score (nSPS) is 13.6. The van der Waals surface area contributed by atoms with Crippen LogP contribution in [0, 0.1) is 5.92 Å². The van der Waals surface area contributed by atoms with E-state index in [2.05, 4.69) is 19.2 Å². The average molecular weight is 278 g/mol. The van der Waals surface area contributed by atoms with Gasteiger partial charge in [0.15, 0.2) is 0 Å². The summed E-state index contributed by atoms with van der Waals surface area (Å²) < 4.78 is 5.14. The zero-order valence-corrected chi connectivity index (χ0v) is 12.7. The van der Waals surface area contributed by atoms with Crippen LogP contribution in [0.3, 0.4) is 0 Å². The van der Waals surface area contributed by atoms with Crippen LogP contribution < -0.4 is 15.8 Å². The molecule has 0 spiro atoms. The van der Waals surface area contributed by atoms with Gasteiger partial charge in [0.1, 0.15) is 5.75 Å². The number of carbonyl (C=O) groups excluding carboxylic acids is 1. The van der Waals surface area contributed by atoms with Gasteiger partial charge >= 0.3 is 0 Å². The van der Waals surface area contributed by atoms with Crippen molar-refractivity contribution in [3.63, 3.8) is 0 Å². The number of methoxy groups -OCH3 is 1. The van der Waals surface area contributed by atoms with E-state index in [9.17, 15) is 4.79 Å². The third kappa shape index (κ3) is 4.85. The molecule has 4 nitrogen and oxygen atoms in total. The molecule has 112 valence electrons. The van der Waals surface area contributed by atoms with Crippen LogP contribution in [0.15, 0.2) is 24.3 Å². The largest absolute Gasteiger partial charge is 0.497 e. The maximum Gasteiger partial charge on any atom is 0.220 e. The van der Waals surface area contributed by atoms with Crippen molar-refractivity contribution in [3.05, 3.63) is 29.8 Å². The third-order valence-electron chi connectivity index (χ3n) is 3.65. The lowest BCUT2D eigenvalue weighted by Gasteiger charge is -2.19. The third-order valence-corrected chi connectivity index (χ3v) is 3.65. The van der Waals surface area contributed by atoms with Crippen LogP contribution >= 0.6 is 0 Å². The fraction of sp³-hybridized carbons (Fsp3) is 0.562. The standard InChI is InChI=1S/C16H26N2O2/c1-4-12(11-17)10-16(19)18-15(5-2)13-6-8-14(20-3)9-7-13/h6-9,12,15H,4-5,10-11,17H2,1-3H3,(H,18,19). The molecule has 1 aromatic rings. The Kier molecular flexibility index (Phi) is 7.09. The minimum Gasteiger partial charge on any atom is -0.497 e. The molecule has 20 heavy (non-hydrogen) atoms. The molecule has 2 unspecified atom stereocenters. The predicted octanol–water partition coefficient (Wildman–Crippen LogP) is 2.64. The van der Waals surface area contributed by atoms with Gasteiger partial charge in [-0.1, -0.05) is 32.4 Å². The first-order valence-electron chi connectivity index (χ1n) is 7.27. The molecule has 0 aromatic heterocycles. The average Bonchev–Trinajstić information content (AvgIpc) is 2.50. The summed E-state index contributed by atoms with van der Waals surface area (Å²) in [5.74, 6) is 1.16. The quantitative estimate of drug-likeness (QED) is 0.768. The molecule has 4 heteroatoms. The number of hydrogen-bond donors (Lipinski definition) is 2. The number of rotatable bonds is 8. The Balaban J connectivity index is 2.63. The molecule has 0 heterocycles. The molecular weight excluding hydrogens is 252 g/mol. The van der Waals surface area contributed by atoms with Gasteiger partial charge in [-0.25, -0.2) is 0 Å². The van der Waals surface area contributed by atoms with E-state index < -0.39 is 0 Å². The minimum absolute atomic E-state index is 0.0451. The Morgan fingerprint density at radius 3 is 2.35 bits per heavy atom. The summed E-state index contributed by atoms with van der Waals surface area (Å²) in [5.41, 5.74) is 6.74. The van der Waals surface area contributed by atoms with Gasteiger partial charge < -0.3 is 15.8 Å². The summed E-state index contributed by atoms with van der Waals surface area (Å²) in [6.07, 6.45) is 2.29. The Bertz CT molecular complexity index is 399. The molecule has 0 fully saturated rings. The van der Waals surface area contributed by atoms with Crippen LogP contribution in [0.4, 0.5) is 0 Å². The highest BCUT2D eigenvalue weighted by Gasteiger charge is 2.15. The lowest BCUT2D eigenvalue weighted by atomic mass is 10.0. The number of hydrogen-bond acceptors (Lipinski definition) is 3. The zero-order chi connectivity index (χ0) is 15.0. The number of carbonyl (C=O) groups is 1. The molecule has 1 rings (SSSR count). The molecule has 0 saturated carbocycles. The lowest BCUT2D eigenvalue weighted by molar-refractivity contribution is -0.122. The van der Waals surface area contributed by atoms with Gasteiger partial charge in [0, 0.05) is 6.42 Å². The highest BCUT2D eigenvalue weighted by atomic mass is 16.5. The monoisotopic (exact) mass is 278 g/mol. The van der Waals surface area contributed by atoms with Gasteiger partial charge in [0.25, 0.3) is 0 Å². The summed E-state index contributed by atoms with van der Waals surface area (Å²) in [6.45, 7) is 4.68. The van der Waals surface area contributed by atoms with E-state index in [4.69, 9.17) is 10.5 Å². The Morgan fingerprint density at radius 2 is 1.90 bits per heavy atom. The number of nitrogens with one attached hydrogen (secondary N) is 1. The summed E-state index contributed by atoms with van der Waals surface area (Å²) in [7, 11) is 1.64. The summed E-state index contributed by atoms with van der Waals surface area (Å²) in [4.78, 5) is 12.0. The molecule has 2 atom stereocenters. The fourth-order valence-electron chi connectivity index (χ4n) is 2.17. The van der Waals surface area contributed by atoms with Crippen LogP contribution in [0.1, 0.15) is 44.7 Å².